The smallest absolute Gasteiger partial charge is 0.324 e. The molecule has 26 heavy (non-hydrogen) atoms. The Labute approximate surface area is 150 Å². The summed E-state index contributed by atoms with van der Waals surface area (Å²) in [6.45, 7) is 0.808. The number of rotatable bonds is 8. The molecule has 138 valence electrons. The molecule has 1 unspecified atom stereocenters. The molecule has 0 aromatic heterocycles. The number of ketones is 2. The van der Waals surface area contributed by atoms with Crippen molar-refractivity contribution in [3.8, 4) is 0 Å². The first kappa shape index (κ1) is 19.7. The quantitative estimate of drug-likeness (QED) is 0.218. The minimum Gasteiger partial charge on any atom is -0.449 e. The molecule has 0 spiro atoms. The fourth-order valence-electron chi connectivity index (χ4n) is 2.56. The number of esters is 1. The van der Waals surface area contributed by atoms with Gasteiger partial charge in [-0.05, 0) is 12.0 Å². The lowest BCUT2D eigenvalue weighted by molar-refractivity contribution is -0.384. The fraction of sp³-hybridized carbons (Fsp3) is 0.438. The van der Waals surface area contributed by atoms with Crippen LogP contribution >= 0.6 is 0 Å². The van der Waals surface area contributed by atoms with Gasteiger partial charge in [0.15, 0.2) is 11.6 Å². The summed E-state index contributed by atoms with van der Waals surface area (Å²) < 4.78 is 5.07. The highest BCUT2D eigenvalue weighted by Gasteiger charge is 2.37. The fourth-order valence-corrected chi connectivity index (χ4v) is 2.56. The van der Waals surface area contributed by atoms with Gasteiger partial charge in [-0.1, -0.05) is 19.0 Å². The van der Waals surface area contributed by atoms with E-state index < -0.39 is 41.5 Å². The van der Waals surface area contributed by atoms with E-state index in [-0.39, 0.29) is 31.4 Å². The molecule has 2 rings (SSSR count). The third-order valence-corrected chi connectivity index (χ3v) is 3.97. The summed E-state index contributed by atoms with van der Waals surface area (Å²) in [5.41, 5.74) is 0.548. The number of nitrogens with zero attached hydrogens (tertiary/aromatic N) is 1. The zero-order valence-electron chi connectivity index (χ0n) is 14.2. The molecule has 10 heteroatoms. The Hall–Kier alpha value is -2.59. The van der Waals surface area contributed by atoms with E-state index in [4.69, 9.17) is 4.74 Å². The maximum atomic E-state index is 12.4. The highest BCUT2D eigenvalue weighted by atomic mass is 16.6. The number of nitro benzene ring substituents is 1. The van der Waals surface area contributed by atoms with Crippen LogP contribution in [0.15, 0.2) is 24.3 Å². The van der Waals surface area contributed by atoms with Gasteiger partial charge in [-0.2, -0.15) is 0 Å². The molecule has 1 atom stereocenters. The molecule has 0 amide bonds. The van der Waals surface area contributed by atoms with E-state index in [0.29, 0.717) is 5.56 Å². The summed E-state index contributed by atoms with van der Waals surface area (Å²) >= 11 is 0. The number of benzene rings is 1. The van der Waals surface area contributed by atoms with Crippen LogP contribution in [-0.4, -0.2) is 53.0 Å². The van der Waals surface area contributed by atoms with Gasteiger partial charge in [0.25, 0.3) is 12.6 Å². The number of hydrogen-bond acceptors (Lipinski definition) is 8. The number of Topliss-reactive ketones (excluding diaryl/α,β-unsaturated/α-hetero) is 2. The van der Waals surface area contributed by atoms with Crippen molar-refractivity contribution in [1.82, 2.24) is 5.32 Å². The summed E-state index contributed by atoms with van der Waals surface area (Å²) in [4.78, 5) is 45.9. The van der Waals surface area contributed by atoms with Crippen molar-refractivity contribution in [2.75, 3.05) is 6.44 Å². The summed E-state index contributed by atoms with van der Waals surface area (Å²) in [5, 5.41) is 22.9. The molecule has 2 N–H and O–H groups in total. The van der Waals surface area contributed by atoms with E-state index in [2.05, 4.69) is 5.32 Å². The Morgan fingerprint density at radius 2 is 1.92 bits per heavy atom. The van der Waals surface area contributed by atoms with Crippen LogP contribution in [0, 0.1) is 10.1 Å². The van der Waals surface area contributed by atoms with Crippen LogP contribution in [0.2, 0.25) is 6.82 Å². The molecule has 0 bridgehead atoms. The van der Waals surface area contributed by atoms with Crippen LogP contribution in [0.25, 0.3) is 0 Å². The van der Waals surface area contributed by atoms with E-state index in [9.17, 15) is 29.5 Å². The Kier molecular flexibility index (Phi) is 6.59. The van der Waals surface area contributed by atoms with Gasteiger partial charge >= 0.3 is 5.97 Å². The zero-order chi connectivity index (χ0) is 19.3. The first-order valence-corrected chi connectivity index (χ1v) is 8.18. The molecule has 0 aliphatic heterocycles. The molecule has 9 nitrogen and oxygen atoms in total. The zero-order valence-corrected chi connectivity index (χ0v) is 14.2. The lowest BCUT2D eigenvalue weighted by atomic mass is 9.72. The number of nitrogens with one attached hydrogen (secondary N) is 1. The van der Waals surface area contributed by atoms with E-state index in [0.717, 1.165) is 0 Å². The maximum absolute atomic E-state index is 12.4. The molecule has 1 aliphatic rings. The predicted octanol–water partition coefficient (Wildman–Crippen LogP) is 0.0921. The van der Waals surface area contributed by atoms with Crippen LogP contribution < -0.4 is 5.32 Å². The molecule has 1 fully saturated rings. The predicted molar refractivity (Wildman–Crippen MR) is 91.6 cm³/mol. The van der Waals surface area contributed by atoms with Gasteiger partial charge in [0.2, 0.25) is 6.10 Å². The molecule has 1 aliphatic carbocycles. The van der Waals surface area contributed by atoms with Crippen LogP contribution in [0.1, 0.15) is 18.4 Å². The highest BCUT2D eigenvalue weighted by Crippen LogP contribution is 2.17. The number of nitro groups is 1. The van der Waals surface area contributed by atoms with Gasteiger partial charge in [0, 0.05) is 31.4 Å². The highest BCUT2D eigenvalue weighted by molar-refractivity contribution is 6.48. The Balaban J connectivity index is 2.08. The molecular weight excluding hydrogens is 343 g/mol. The number of ether oxygens (including phenoxy) is 1. The van der Waals surface area contributed by atoms with Gasteiger partial charge < -0.3 is 15.1 Å². The van der Waals surface area contributed by atoms with Crippen LogP contribution in [0.5, 0.6) is 0 Å². The molecule has 0 heterocycles. The average Bonchev–Trinajstić information content (AvgIpc) is 2.90. The van der Waals surface area contributed by atoms with Crippen LogP contribution in [-0.2, 0) is 25.5 Å². The van der Waals surface area contributed by atoms with Crippen molar-refractivity contribution in [2.24, 2.45) is 0 Å². The Morgan fingerprint density at radius 1 is 1.35 bits per heavy atom. The van der Waals surface area contributed by atoms with Gasteiger partial charge in [-0.15, -0.1) is 0 Å². The molecular formula is C16H19BN2O7. The Morgan fingerprint density at radius 3 is 2.42 bits per heavy atom. The summed E-state index contributed by atoms with van der Waals surface area (Å²) in [6, 6.07) is 4.74. The van der Waals surface area contributed by atoms with Crippen molar-refractivity contribution < 1.29 is 29.1 Å². The van der Waals surface area contributed by atoms with Crippen molar-refractivity contribution in [3.63, 3.8) is 0 Å². The number of carbonyl (C=O) groups is 3. The van der Waals surface area contributed by atoms with Crippen molar-refractivity contribution in [1.29, 1.82) is 0 Å². The van der Waals surface area contributed by atoms with Crippen molar-refractivity contribution in [3.05, 3.63) is 39.9 Å². The maximum Gasteiger partial charge on any atom is 0.324 e. The standard InChI is InChI=1S/C16H19BN2O7/c1-17(23)9-18-12(8-10-2-4-11(5-3-10)19(24)25)16(22)26-15-13(20)6-7-14(15)21/h2-5,12,15,18,23H,6-9H2,1H3. The van der Waals surface area contributed by atoms with E-state index >= 15 is 0 Å². The third kappa shape index (κ3) is 5.20. The molecule has 0 saturated heterocycles. The molecule has 1 aromatic carbocycles. The second-order valence-corrected chi connectivity index (χ2v) is 6.19. The first-order chi connectivity index (χ1) is 12.3. The summed E-state index contributed by atoms with van der Waals surface area (Å²) in [7, 11) is 0. The second-order valence-electron chi connectivity index (χ2n) is 6.19. The average molecular weight is 362 g/mol. The topological polar surface area (TPSA) is 136 Å². The number of carbonyl (C=O) groups excluding carboxylic acids is 3. The largest absolute Gasteiger partial charge is 0.449 e. The van der Waals surface area contributed by atoms with E-state index in [1.807, 2.05) is 0 Å². The van der Waals surface area contributed by atoms with Gasteiger partial charge in [-0.3, -0.25) is 24.5 Å². The first-order valence-electron chi connectivity index (χ1n) is 8.18. The van der Waals surface area contributed by atoms with Gasteiger partial charge in [-0.25, -0.2) is 0 Å². The van der Waals surface area contributed by atoms with Gasteiger partial charge in [0.1, 0.15) is 6.04 Å². The lowest BCUT2D eigenvalue weighted by Crippen LogP contribution is -2.46. The van der Waals surface area contributed by atoms with E-state index in [1.54, 1.807) is 0 Å². The van der Waals surface area contributed by atoms with Crippen LogP contribution in [0.3, 0.4) is 0 Å². The van der Waals surface area contributed by atoms with Crippen molar-refractivity contribution in [2.45, 2.75) is 38.2 Å². The Bertz CT molecular complexity index is 689. The van der Waals surface area contributed by atoms with Crippen molar-refractivity contribution >= 4 is 30.1 Å². The normalized spacial score (nSPS) is 15.8. The number of non-ortho nitro benzene ring substituents is 1. The number of hydrogen-bond donors (Lipinski definition) is 2. The minimum absolute atomic E-state index is 0.0604. The third-order valence-electron chi connectivity index (χ3n) is 3.97. The molecule has 0 radical (unpaired) electrons. The SMILES string of the molecule is CB(O)CNC(Cc1ccc([N+](=O)[O-])cc1)C(=O)OC1C(=O)CCC1=O. The molecule has 1 aromatic rings. The second kappa shape index (κ2) is 8.68. The molecule has 1 saturated carbocycles. The monoisotopic (exact) mass is 362 g/mol. The van der Waals surface area contributed by atoms with Crippen LogP contribution in [0.4, 0.5) is 5.69 Å². The van der Waals surface area contributed by atoms with Gasteiger partial charge in [0.05, 0.1) is 4.92 Å². The lowest BCUT2D eigenvalue weighted by Gasteiger charge is -2.19. The minimum atomic E-state index is -1.37. The van der Waals surface area contributed by atoms with E-state index in [1.165, 1.54) is 31.1 Å². The summed E-state index contributed by atoms with van der Waals surface area (Å²) in [5.74, 6) is -1.63. The summed E-state index contributed by atoms with van der Waals surface area (Å²) in [6.07, 6.45) is -1.02.